The van der Waals surface area contributed by atoms with Crippen LogP contribution in [0.3, 0.4) is 0 Å². The van der Waals surface area contributed by atoms with E-state index in [1.54, 1.807) is 26.0 Å². The van der Waals surface area contributed by atoms with E-state index in [1.165, 1.54) is 0 Å². The molecule has 2 aromatic rings. The Balaban J connectivity index is 1.90. The summed E-state index contributed by atoms with van der Waals surface area (Å²) in [5.74, 6) is 1.79. The normalized spacial score (nSPS) is 12.9. The fourth-order valence-electron chi connectivity index (χ4n) is 2.35. The molecule has 0 spiro atoms. The van der Waals surface area contributed by atoms with Crippen LogP contribution < -0.4 is 10.6 Å². The Kier molecular flexibility index (Phi) is 6.91. The van der Waals surface area contributed by atoms with E-state index < -0.39 is 0 Å². The second-order valence-corrected chi connectivity index (χ2v) is 5.97. The number of rotatable bonds is 7. The molecule has 7 heteroatoms. The van der Waals surface area contributed by atoms with Gasteiger partial charge in [-0.1, -0.05) is 17.3 Å². The highest BCUT2D eigenvalue weighted by molar-refractivity contribution is 5.80. The Bertz CT molecular complexity index is 713. The molecule has 0 bridgehead atoms. The maximum absolute atomic E-state index is 13.7. The molecule has 0 saturated carbocycles. The Morgan fingerprint density at radius 2 is 2.16 bits per heavy atom. The first-order valence-corrected chi connectivity index (χ1v) is 8.59. The van der Waals surface area contributed by atoms with Crippen molar-refractivity contribution in [3.05, 3.63) is 46.9 Å². The molecule has 2 N–H and O–H groups in total. The summed E-state index contributed by atoms with van der Waals surface area (Å²) in [4.78, 5) is 8.73. The van der Waals surface area contributed by atoms with Crippen molar-refractivity contribution < 1.29 is 8.91 Å². The first kappa shape index (κ1) is 18.9. The zero-order valence-electron chi connectivity index (χ0n) is 15.3. The van der Waals surface area contributed by atoms with E-state index in [2.05, 4.69) is 25.8 Å². The van der Waals surface area contributed by atoms with E-state index in [0.29, 0.717) is 36.2 Å². The van der Waals surface area contributed by atoms with E-state index in [9.17, 15) is 4.39 Å². The van der Waals surface area contributed by atoms with E-state index in [4.69, 9.17) is 4.52 Å². The number of benzene rings is 1. The zero-order chi connectivity index (χ0) is 18.2. The summed E-state index contributed by atoms with van der Waals surface area (Å²) < 4.78 is 18.8. The summed E-state index contributed by atoms with van der Waals surface area (Å²) in [6.45, 7) is 8.93. The van der Waals surface area contributed by atoms with Gasteiger partial charge in [0.05, 0.1) is 6.04 Å². The predicted molar refractivity (Wildman–Crippen MR) is 96.0 cm³/mol. The molecule has 136 valence electrons. The van der Waals surface area contributed by atoms with E-state index in [1.807, 2.05) is 19.9 Å². The molecule has 0 fully saturated rings. The molecule has 0 amide bonds. The summed E-state index contributed by atoms with van der Waals surface area (Å²) >= 11 is 0. The number of hydrogen-bond acceptors (Lipinski definition) is 4. The summed E-state index contributed by atoms with van der Waals surface area (Å²) in [6.07, 6.45) is 1.51. The van der Waals surface area contributed by atoms with Crippen LogP contribution in [0.1, 0.15) is 49.2 Å². The SMILES string of the molecule is CCNC(=NCCCc1nc(C)no1)NC(C)c1ccc(C)c(F)c1. The average molecular weight is 347 g/mol. The summed E-state index contributed by atoms with van der Waals surface area (Å²) in [5.41, 5.74) is 1.53. The van der Waals surface area contributed by atoms with Gasteiger partial charge in [0.1, 0.15) is 5.82 Å². The van der Waals surface area contributed by atoms with Crippen LogP contribution in [0.5, 0.6) is 0 Å². The van der Waals surface area contributed by atoms with Crippen LogP contribution in [-0.2, 0) is 6.42 Å². The van der Waals surface area contributed by atoms with Gasteiger partial charge in [0.25, 0.3) is 0 Å². The van der Waals surface area contributed by atoms with Gasteiger partial charge in [-0.05, 0) is 51.3 Å². The third kappa shape index (κ3) is 5.85. The molecular weight excluding hydrogens is 321 g/mol. The van der Waals surface area contributed by atoms with Crippen molar-refractivity contribution in [1.29, 1.82) is 0 Å². The molecule has 0 radical (unpaired) electrons. The lowest BCUT2D eigenvalue weighted by atomic mass is 10.1. The van der Waals surface area contributed by atoms with Gasteiger partial charge in [-0.25, -0.2) is 4.39 Å². The summed E-state index contributed by atoms with van der Waals surface area (Å²) in [6, 6.07) is 5.23. The van der Waals surface area contributed by atoms with Crippen LogP contribution in [0.15, 0.2) is 27.7 Å². The van der Waals surface area contributed by atoms with Gasteiger partial charge in [-0.3, -0.25) is 4.99 Å². The molecule has 1 heterocycles. The molecule has 6 nitrogen and oxygen atoms in total. The predicted octanol–water partition coefficient (Wildman–Crippen LogP) is 3.07. The Labute approximate surface area is 147 Å². The highest BCUT2D eigenvalue weighted by Crippen LogP contribution is 2.16. The van der Waals surface area contributed by atoms with Crippen molar-refractivity contribution in [2.75, 3.05) is 13.1 Å². The van der Waals surface area contributed by atoms with Crippen molar-refractivity contribution in [1.82, 2.24) is 20.8 Å². The van der Waals surface area contributed by atoms with E-state index in [0.717, 1.165) is 18.5 Å². The van der Waals surface area contributed by atoms with Gasteiger partial charge in [0.15, 0.2) is 11.8 Å². The van der Waals surface area contributed by atoms with Crippen molar-refractivity contribution in [2.24, 2.45) is 4.99 Å². The first-order valence-electron chi connectivity index (χ1n) is 8.59. The number of nitrogens with zero attached hydrogens (tertiary/aromatic N) is 3. The van der Waals surface area contributed by atoms with Crippen molar-refractivity contribution >= 4 is 5.96 Å². The van der Waals surface area contributed by atoms with Crippen molar-refractivity contribution in [3.63, 3.8) is 0 Å². The zero-order valence-corrected chi connectivity index (χ0v) is 15.3. The second-order valence-electron chi connectivity index (χ2n) is 5.97. The molecule has 0 aliphatic carbocycles. The monoisotopic (exact) mass is 347 g/mol. The molecule has 1 atom stereocenters. The smallest absolute Gasteiger partial charge is 0.226 e. The lowest BCUT2D eigenvalue weighted by Crippen LogP contribution is -2.38. The quantitative estimate of drug-likeness (QED) is 0.457. The lowest BCUT2D eigenvalue weighted by Gasteiger charge is -2.18. The fraction of sp³-hybridized carbons (Fsp3) is 0.500. The maximum atomic E-state index is 13.7. The highest BCUT2D eigenvalue weighted by atomic mass is 19.1. The van der Waals surface area contributed by atoms with E-state index in [-0.39, 0.29) is 11.9 Å². The number of hydrogen-bond donors (Lipinski definition) is 2. The van der Waals surface area contributed by atoms with Crippen molar-refractivity contribution in [2.45, 2.75) is 46.6 Å². The molecular formula is C18H26FN5O. The Morgan fingerprint density at radius 1 is 1.36 bits per heavy atom. The molecule has 0 aliphatic rings. The minimum atomic E-state index is -0.192. The molecule has 0 aliphatic heterocycles. The summed E-state index contributed by atoms with van der Waals surface area (Å²) in [5, 5.41) is 10.3. The fourth-order valence-corrected chi connectivity index (χ4v) is 2.35. The number of halogens is 1. The summed E-state index contributed by atoms with van der Waals surface area (Å²) in [7, 11) is 0. The van der Waals surface area contributed by atoms with Gasteiger partial charge < -0.3 is 15.2 Å². The Morgan fingerprint density at radius 3 is 2.80 bits per heavy atom. The van der Waals surface area contributed by atoms with Crippen LogP contribution in [0.4, 0.5) is 4.39 Å². The Hall–Kier alpha value is -2.44. The number of aryl methyl sites for hydroxylation is 3. The van der Waals surface area contributed by atoms with Crippen LogP contribution in [-0.4, -0.2) is 29.2 Å². The molecule has 1 aromatic heterocycles. The minimum absolute atomic E-state index is 0.0495. The van der Waals surface area contributed by atoms with Gasteiger partial charge in [-0.2, -0.15) is 4.98 Å². The van der Waals surface area contributed by atoms with Crippen LogP contribution in [0, 0.1) is 19.7 Å². The van der Waals surface area contributed by atoms with Gasteiger partial charge in [0, 0.05) is 19.5 Å². The van der Waals surface area contributed by atoms with Gasteiger partial charge in [-0.15, -0.1) is 0 Å². The molecule has 2 rings (SSSR count). The number of guanidine groups is 1. The minimum Gasteiger partial charge on any atom is -0.357 e. The first-order chi connectivity index (χ1) is 12.0. The maximum Gasteiger partial charge on any atom is 0.226 e. The molecule has 25 heavy (non-hydrogen) atoms. The van der Waals surface area contributed by atoms with Crippen molar-refractivity contribution in [3.8, 4) is 0 Å². The molecule has 1 unspecified atom stereocenters. The van der Waals surface area contributed by atoms with Crippen LogP contribution in [0.2, 0.25) is 0 Å². The van der Waals surface area contributed by atoms with Gasteiger partial charge in [0.2, 0.25) is 5.89 Å². The van der Waals surface area contributed by atoms with E-state index >= 15 is 0 Å². The second kappa shape index (κ2) is 9.15. The number of aliphatic imine (C=N–C) groups is 1. The molecule has 0 saturated heterocycles. The third-order valence-corrected chi connectivity index (χ3v) is 3.78. The highest BCUT2D eigenvalue weighted by Gasteiger charge is 2.10. The molecule has 1 aromatic carbocycles. The lowest BCUT2D eigenvalue weighted by molar-refractivity contribution is 0.372. The number of aromatic nitrogens is 2. The standard InChI is InChI=1S/C18H26FN5O/c1-5-20-18(21-10-6-7-17-23-14(4)24-25-17)22-13(3)15-9-8-12(2)16(19)11-15/h8-9,11,13H,5-7,10H2,1-4H3,(H2,20,21,22). The van der Waals surface area contributed by atoms with Crippen LogP contribution >= 0.6 is 0 Å². The third-order valence-electron chi connectivity index (χ3n) is 3.78. The number of nitrogens with one attached hydrogen (secondary N) is 2. The topological polar surface area (TPSA) is 75.3 Å². The largest absolute Gasteiger partial charge is 0.357 e. The average Bonchev–Trinajstić information content (AvgIpc) is 2.99. The van der Waals surface area contributed by atoms with Crippen LogP contribution in [0.25, 0.3) is 0 Å². The van der Waals surface area contributed by atoms with Gasteiger partial charge >= 0.3 is 0 Å².